The molecule has 1 aromatic rings. The normalized spacial score (nSPS) is 18.6. The summed E-state index contributed by atoms with van der Waals surface area (Å²) < 4.78 is 11.3. The molecule has 1 unspecified atom stereocenters. The molecular weight excluding hydrogens is 533 g/mol. The van der Waals surface area contributed by atoms with Crippen LogP contribution in [0, 0.1) is 5.92 Å². The van der Waals surface area contributed by atoms with E-state index in [9.17, 15) is 4.79 Å². The predicted molar refractivity (Wildman–Crippen MR) is 142 cm³/mol. The Morgan fingerprint density at radius 3 is 2.42 bits per heavy atom. The summed E-state index contributed by atoms with van der Waals surface area (Å²) in [5, 5.41) is 3.52. The molecule has 1 atom stereocenters. The smallest absolute Gasteiger partial charge is 0.410 e. The Kier molecular flexibility index (Phi) is 10.3. The Labute approximate surface area is 216 Å². The number of halogens is 1. The molecular formula is C24H42IN5O3. The Morgan fingerprint density at radius 1 is 1.27 bits per heavy atom. The predicted octanol–water partition coefficient (Wildman–Crippen LogP) is 4.19. The second-order valence-corrected chi connectivity index (χ2v) is 10.2. The number of nitrogens with one attached hydrogen (secondary N) is 1. The van der Waals surface area contributed by atoms with Crippen LogP contribution >= 0.6 is 24.0 Å². The summed E-state index contributed by atoms with van der Waals surface area (Å²) in [5.74, 6) is 2.47. The number of rotatable bonds is 7. The van der Waals surface area contributed by atoms with E-state index in [1.54, 1.807) is 6.26 Å². The molecule has 0 bridgehead atoms. The lowest BCUT2D eigenvalue weighted by Crippen LogP contribution is -2.53. The molecule has 0 aromatic carbocycles. The van der Waals surface area contributed by atoms with Gasteiger partial charge in [-0.15, -0.1) is 24.0 Å². The van der Waals surface area contributed by atoms with Gasteiger partial charge in [0, 0.05) is 39.3 Å². The number of likely N-dealkylation sites (tertiary alicyclic amines) is 1. The number of guanidine groups is 1. The number of nitrogens with zero attached hydrogens (tertiary/aromatic N) is 4. The van der Waals surface area contributed by atoms with Crippen LogP contribution in [0.5, 0.6) is 0 Å². The first kappa shape index (κ1) is 27.8. The maximum atomic E-state index is 12.9. The lowest BCUT2D eigenvalue weighted by Gasteiger charge is -2.40. The molecule has 3 rings (SSSR count). The summed E-state index contributed by atoms with van der Waals surface area (Å²) in [6.45, 7) is 9.05. The van der Waals surface area contributed by atoms with Gasteiger partial charge in [0.15, 0.2) is 5.96 Å². The first-order valence-electron chi connectivity index (χ1n) is 11.8. The Bertz CT molecular complexity index is 751. The zero-order valence-corrected chi connectivity index (χ0v) is 23.4. The monoisotopic (exact) mass is 575 g/mol. The molecule has 8 nitrogen and oxygen atoms in total. The minimum Gasteiger partial charge on any atom is -0.468 e. The molecule has 1 aliphatic carbocycles. The second-order valence-electron chi connectivity index (χ2n) is 10.2. The van der Waals surface area contributed by atoms with Gasteiger partial charge in [0.25, 0.3) is 0 Å². The van der Waals surface area contributed by atoms with Gasteiger partial charge >= 0.3 is 6.09 Å². The number of ether oxygens (including phenoxy) is 1. The van der Waals surface area contributed by atoms with Crippen LogP contribution in [0.1, 0.15) is 58.3 Å². The van der Waals surface area contributed by atoms with E-state index in [1.807, 2.05) is 58.9 Å². The van der Waals surface area contributed by atoms with Crippen LogP contribution in [0.15, 0.2) is 27.8 Å². The second kappa shape index (κ2) is 12.3. The van der Waals surface area contributed by atoms with Crippen LogP contribution in [0.25, 0.3) is 0 Å². The highest BCUT2D eigenvalue weighted by Crippen LogP contribution is 2.32. The topological polar surface area (TPSA) is 73.6 Å². The van der Waals surface area contributed by atoms with Crippen molar-refractivity contribution in [2.24, 2.45) is 10.9 Å². The van der Waals surface area contributed by atoms with Gasteiger partial charge in [0.05, 0.1) is 12.3 Å². The van der Waals surface area contributed by atoms with E-state index in [1.165, 1.54) is 12.8 Å². The van der Waals surface area contributed by atoms with Crippen molar-refractivity contribution in [2.75, 3.05) is 47.3 Å². The van der Waals surface area contributed by atoms with Gasteiger partial charge in [0.2, 0.25) is 0 Å². The number of amides is 1. The summed E-state index contributed by atoms with van der Waals surface area (Å²) >= 11 is 0. The number of carbonyl (C=O) groups is 1. The maximum absolute atomic E-state index is 12.9. The molecule has 2 aliphatic rings. The standard InChI is InChI=1S/C24H41N5O3.HI/c1-24(2,3)32-23(30)29(17-18-9-10-18)19-11-13-28(14-12-19)22(25-4)26-16-20(27(5)6)21-8-7-15-31-21;/h7-8,15,18-20H,9-14,16-17H2,1-6H3,(H,25,26);1H. The zero-order valence-electron chi connectivity index (χ0n) is 21.0. The van der Waals surface area contributed by atoms with Gasteiger partial charge in [-0.2, -0.15) is 0 Å². The molecule has 0 spiro atoms. The molecule has 2 fully saturated rings. The number of hydrogen-bond acceptors (Lipinski definition) is 5. The van der Waals surface area contributed by atoms with E-state index < -0.39 is 5.60 Å². The van der Waals surface area contributed by atoms with Crippen LogP contribution in [0.4, 0.5) is 4.79 Å². The van der Waals surface area contributed by atoms with Gasteiger partial charge < -0.3 is 24.3 Å². The number of furan rings is 1. The van der Waals surface area contributed by atoms with E-state index in [4.69, 9.17) is 9.15 Å². The number of likely N-dealkylation sites (N-methyl/N-ethyl adjacent to an activating group) is 1. The fourth-order valence-electron chi connectivity index (χ4n) is 4.20. The number of carbonyl (C=O) groups excluding carboxylic acids is 1. The highest BCUT2D eigenvalue weighted by molar-refractivity contribution is 14.0. The van der Waals surface area contributed by atoms with E-state index in [2.05, 4.69) is 20.1 Å². The molecule has 1 aromatic heterocycles. The molecule has 0 radical (unpaired) electrons. The highest BCUT2D eigenvalue weighted by Gasteiger charge is 2.35. The number of piperidine rings is 1. The number of aliphatic imine (C=N–C) groups is 1. The van der Waals surface area contributed by atoms with Crippen LogP contribution in [0.3, 0.4) is 0 Å². The minimum absolute atomic E-state index is 0. The van der Waals surface area contributed by atoms with Gasteiger partial charge in [0.1, 0.15) is 11.4 Å². The van der Waals surface area contributed by atoms with Crippen molar-refractivity contribution < 1.29 is 13.9 Å². The van der Waals surface area contributed by atoms with E-state index in [-0.39, 0.29) is 42.2 Å². The van der Waals surface area contributed by atoms with E-state index in [0.29, 0.717) is 12.5 Å². The summed E-state index contributed by atoms with van der Waals surface area (Å²) in [7, 11) is 5.93. The Hall–Kier alpha value is -1.49. The van der Waals surface area contributed by atoms with Crippen molar-refractivity contribution in [1.82, 2.24) is 20.0 Å². The first-order chi connectivity index (χ1) is 15.2. The summed E-state index contributed by atoms with van der Waals surface area (Å²) in [4.78, 5) is 23.8. The van der Waals surface area contributed by atoms with Crippen LogP contribution in [0.2, 0.25) is 0 Å². The van der Waals surface area contributed by atoms with Crippen LogP contribution < -0.4 is 5.32 Å². The average molecular weight is 576 g/mol. The van der Waals surface area contributed by atoms with Crippen molar-refractivity contribution in [2.45, 2.75) is 64.1 Å². The van der Waals surface area contributed by atoms with Gasteiger partial charge in [-0.1, -0.05) is 0 Å². The summed E-state index contributed by atoms with van der Waals surface area (Å²) in [6.07, 6.45) is 5.82. The van der Waals surface area contributed by atoms with E-state index in [0.717, 1.165) is 44.2 Å². The highest BCUT2D eigenvalue weighted by atomic mass is 127. The van der Waals surface area contributed by atoms with Crippen molar-refractivity contribution in [3.63, 3.8) is 0 Å². The van der Waals surface area contributed by atoms with Gasteiger partial charge in [-0.05, 0) is 78.6 Å². The first-order valence-corrected chi connectivity index (χ1v) is 11.8. The lowest BCUT2D eigenvalue weighted by molar-refractivity contribution is 0.00927. The lowest BCUT2D eigenvalue weighted by atomic mass is 10.0. The number of hydrogen-bond donors (Lipinski definition) is 1. The third kappa shape index (κ3) is 8.35. The molecule has 33 heavy (non-hydrogen) atoms. The third-order valence-corrected chi connectivity index (χ3v) is 6.14. The molecule has 2 heterocycles. The molecule has 1 amide bonds. The quantitative estimate of drug-likeness (QED) is 0.299. The van der Waals surface area contributed by atoms with Gasteiger partial charge in [-0.3, -0.25) is 9.89 Å². The zero-order chi connectivity index (χ0) is 23.3. The molecule has 188 valence electrons. The Morgan fingerprint density at radius 2 is 1.94 bits per heavy atom. The minimum atomic E-state index is -0.470. The molecule has 1 saturated carbocycles. The van der Waals surface area contributed by atoms with Gasteiger partial charge in [-0.25, -0.2) is 4.79 Å². The molecule has 1 N–H and O–H groups in total. The maximum Gasteiger partial charge on any atom is 0.410 e. The largest absolute Gasteiger partial charge is 0.468 e. The summed E-state index contributed by atoms with van der Waals surface area (Å²) in [5.41, 5.74) is -0.470. The molecule has 9 heteroatoms. The third-order valence-electron chi connectivity index (χ3n) is 6.14. The SMILES string of the molecule is CN=C(NCC(c1ccco1)N(C)C)N1CCC(N(CC2CC2)C(=O)OC(C)(C)C)CC1.I. The van der Waals surface area contributed by atoms with Crippen molar-refractivity contribution in [1.29, 1.82) is 0 Å². The molecule has 1 aliphatic heterocycles. The van der Waals surface area contributed by atoms with Crippen molar-refractivity contribution in [3.05, 3.63) is 24.2 Å². The van der Waals surface area contributed by atoms with Crippen LogP contribution in [-0.4, -0.2) is 85.7 Å². The Balaban J connectivity index is 0.00000385. The van der Waals surface area contributed by atoms with E-state index >= 15 is 0 Å². The molecule has 1 saturated heterocycles. The van der Waals surface area contributed by atoms with Crippen molar-refractivity contribution in [3.8, 4) is 0 Å². The fraction of sp³-hybridized carbons (Fsp3) is 0.750. The fourth-order valence-corrected chi connectivity index (χ4v) is 4.20. The average Bonchev–Trinajstić information content (AvgIpc) is 3.39. The summed E-state index contributed by atoms with van der Waals surface area (Å²) in [6, 6.07) is 4.27. The van der Waals surface area contributed by atoms with Crippen molar-refractivity contribution >= 4 is 36.0 Å². The van der Waals surface area contributed by atoms with Crippen LogP contribution in [-0.2, 0) is 4.74 Å².